The maximum atomic E-state index is 4.04. The Kier molecular flexibility index (Phi) is 6.98. The molecule has 0 saturated carbocycles. The number of fused-ring (bicyclic) bond motifs is 6. The van der Waals surface area contributed by atoms with E-state index >= 15 is 0 Å². The highest BCUT2D eigenvalue weighted by Crippen LogP contribution is 2.50. The molecule has 4 aromatic rings. The lowest BCUT2D eigenvalue weighted by Crippen LogP contribution is -2.56. The van der Waals surface area contributed by atoms with E-state index in [2.05, 4.69) is 119 Å². The Bertz CT molecular complexity index is 1420. The molecule has 0 atom stereocenters. The summed E-state index contributed by atoms with van der Waals surface area (Å²) in [4.78, 5) is 0. The first-order chi connectivity index (χ1) is 17.2. The van der Waals surface area contributed by atoms with Gasteiger partial charge < -0.3 is 0 Å². The molecule has 0 unspecified atom stereocenters. The largest absolute Gasteiger partial charge is 0.0958 e. The predicted molar refractivity (Wildman–Crippen MR) is 167 cm³/mol. The summed E-state index contributed by atoms with van der Waals surface area (Å²) >= 11 is 4.04. The lowest BCUT2D eigenvalue weighted by molar-refractivity contribution is 0.794. The topological polar surface area (TPSA) is 0 Å². The summed E-state index contributed by atoms with van der Waals surface area (Å²) in [7, 11) is -1.98. The van der Waals surface area contributed by atoms with Gasteiger partial charge in [0.1, 0.15) is 0 Å². The smallest absolute Gasteiger partial charge is 0.0654 e. The second-order valence-corrected chi connectivity index (χ2v) is 18.6. The van der Waals surface area contributed by atoms with Crippen LogP contribution in [-0.2, 0) is 12.8 Å². The van der Waals surface area contributed by atoms with Gasteiger partial charge >= 0.3 is 0 Å². The Morgan fingerprint density at radius 2 is 1.42 bits per heavy atom. The molecule has 0 aromatic heterocycles. The molecule has 2 heteroatoms. The van der Waals surface area contributed by atoms with Gasteiger partial charge in [0, 0.05) is 4.47 Å². The molecule has 0 aliphatic heterocycles. The summed E-state index contributed by atoms with van der Waals surface area (Å²) in [6.45, 7) is 17.4. The maximum Gasteiger partial charge on any atom is 0.0958 e. The summed E-state index contributed by atoms with van der Waals surface area (Å²) in [6.07, 6.45) is 4.70. The molecule has 0 radical (unpaired) electrons. The summed E-state index contributed by atoms with van der Waals surface area (Å²) < 4.78 is 1.23. The van der Waals surface area contributed by atoms with Crippen molar-refractivity contribution in [1.82, 2.24) is 0 Å². The van der Waals surface area contributed by atoms with E-state index in [9.17, 15) is 0 Å². The van der Waals surface area contributed by atoms with Crippen LogP contribution in [0.1, 0.15) is 78.0 Å². The maximum absolute atomic E-state index is 4.04. The van der Waals surface area contributed by atoms with Gasteiger partial charge in [-0.25, -0.2) is 0 Å². The molecule has 0 nitrogen and oxygen atoms in total. The Morgan fingerprint density at radius 3 is 2.06 bits per heavy atom. The zero-order chi connectivity index (χ0) is 25.8. The normalized spacial score (nSPS) is 13.4. The molecule has 1 aliphatic carbocycles. The van der Waals surface area contributed by atoms with Crippen molar-refractivity contribution in [3.63, 3.8) is 0 Å². The lowest BCUT2D eigenvalue weighted by atomic mass is 9.88. The van der Waals surface area contributed by atoms with Crippen LogP contribution in [0.2, 0.25) is 16.6 Å². The lowest BCUT2D eigenvalue weighted by Gasteiger charge is -2.46. The minimum atomic E-state index is -1.98. The highest BCUT2D eigenvalue weighted by Gasteiger charge is 2.48. The van der Waals surface area contributed by atoms with Crippen LogP contribution in [0.15, 0.2) is 59.1 Å². The standard InChI is InChI=1S/C34H41BrSi/c1-8-9-15-28-29-19-24-14-10-11-16-25(24)33(29)34(36(21(2)3,22(4)5)23(6)7)30-20-31(35)26-17-12-13-18-27(26)32(28)30/h10-14,16-18,20-23H,8-9,15,19H2,1-7H3. The third-order valence-corrected chi connectivity index (χ3v) is 17.0. The van der Waals surface area contributed by atoms with Gasteiger partial charge in [-0.2, -0.15) is 0 Å². The fourth-order valence-corrected chi connectivity index (χ4v) is 15.7. The van der Waals surface area contributed by atoms with Crippen molar-refractivity contribution in [2.75, 3.05) is 0 Å². The molecule has 0 amide bonds. The molecule has 188 valence electrons. The molecule has 0 bridgehead atoms. The van der Waals surface area contributed by atoms with Crippen LogP contribution in [0, 0.1) is 0 Å². The van der Waals surface area contributed by atoms with Gasteiger partial charge in [0.25, 0.3) is 0 Å². The molecule has 36 heavy (non-hydrogen) atoms. The zero-order valence-corrected chi connectivity index (χ0v) is 25.7. The minimum absolute atomic E-state index is 0.657. The van der Waals surface area contributed by atoms with Gasteiger partial charge in [0.05, 0.1) is 8.07 Å². The summed E-state index contributed by atoms with van der Waals surface area (Å²) in [5, 5.41) is 7.58. The van der Waals surface area contributed by atoms with E-state index < -0.39 is 8.07 Å². The number of benzene rings is 4. The average molecular weight is 558 g/mol. The molecule has 5 rings (SSSR count). The predicted octanol–water partition coefficient (Wildman–Crippen LogP) is 10.6. The molecular formula is C34H41BrSi. The van der Waals surface area contributed by atoms with Crippen LogP contribution in [0.25, 0.3) is 32.7 Å². The fourth-order valence-electron chi connectivity index (χ4n) is 7.99. The van der Waals surface area contributed by atoms with Crippen LogP contribution < -0.4 is 5.19 Å². The van der Waals surface area contributed by atoms with E-state index in [0.29, 0.717) is 16.6 Å². The van der Waals surface area contributed by atoms with Gasteiger partial charge in [0.15, 0.2) is 0 Å². The zero-order valence-electron chi connectivity index (χ0n) is 23.1. The van der Waals surface area contributed by atoms with E-state index in [1.807, 2.05) is 0 Å². The van der Waals surface area contributed by atoms with E-state index in [4.69, 9.17) is 0 Å². The van der Waals surface area contributed by atoms with Crippen LogP contribution >= 0.6 is 15.9 Å². The molecule has 0 N–H and O–H groups in total. The van der Waals surface area contributed by atoms with E-state index in [0.717, 1.165) is 12.8 Å². The van der Waals surface area contributed by atoms with Crippen molar-refractivity contribution >= 4 is 50.7 Å². The monoisotopic (exact) mass is 556 g/mol. The molecule has 1 aliphatic rings. The van der Waals surface area contributed by atoms with Crippen molar-refractivity contribution in [2.45, 2.75) is 90.8 Å². The number of rotatable bonds is 7. The van der Waals surface area contributed by atoms with Crippen LogP contribution in [0.4, 0.5) is 0 Å². The highest BCUT2D eigenvalue weighted by atomic mass is 79.9. The van der Waals surface area contributed by atoms with Crippen molar-refractivity contribution in [3.05, 3.63) is 75.8 Å². The molecule has 0 fully saturated rings. The average Bonchev–Trinajstić information content (AvgIpc) is 3.22. The molecule has 4 aromatic carbocycles. The molecular weight excluding hydrogens is 516 g/mol. The SMILES string of the molecule is CCCCc1c2c(c([Si](C(C)C)(C(C)C)C(C)C)c3cc(Br)c4ccccc4c13)-c1ccccc1C2. The third kappa shape index (κ3) is 3.66. The van der Waals surface area contributed by atoms with Gasteiger partial charge in [-0.15, -0.1) is 0 Å². The summed E-state index contributed by atoms with van der Waals surface area (Å²) in [5.41, 5.74) is 9.87. The van der Waals surface area contributed by atoms with Crippen molar-refractivity contribution in [2.24, 2.45) is 0 Å². The number of hydrogen-bond acceptors (Lipinski definition) is 0. The first-order valence-electron chi connectivity index (χ1n) is 14.0. The Labute approximate surface area is 227 Å². The quantitative estimate of drug-likeness (QED) is 0.138. The van der Waals surface area contributed by atoms with Gasteiger partial charge in [-0.05, 0) is 96.5 Å². The number of hydrogen-bond donors (Lipinski definition) is 0. The second-order valence-electron chi connectivity index (χ2n) is 11.9. The van der Waals surface area contributed by atoms with Crippen molar-refractivity contribution < 1.29 is 0 Å². The summed E-state index contributed by atoms with van der Waals surface area (Å²) in [6, 6.07) is 20.9. The van der Waals surface area contributed by atoms with E-state index in [-0.39, 0.29) is 0 Å². The van der Waals surface area contributed by atoms with E-state index in [1.165, 1.54) is 44.6 Å². The number of aryl methyl sites for hydroxylation is 1. The van der Waals surface area contributed by atoms with Crippen molar-refractivity contribution in [1.29, 1.82) is 0 Å². The first kappa shape index (κ1) is 25.7. The minimum Gasteiger partial charge on any atom is -0.0654 e. The Morgan fingerprint density at radius 1 is 0.806 bits per heavy atom. The van der Waals surface area contributed by atoms with Crippen LogP contribution in [0.3, 0.4) is 0 Å². The Balaban J connectivity index is 2.10. The third-order valence-electron chi connectivity index (χ3n) is 9.21. The van der Waals surface area contributed by atoms with Gasteiger partial charge in [-0.1, -0.05) is 119 Å². The molecule has 0 saturated heterocycles. The Hall–Kier alpha value is -1.90. The van der Waals surface area contributed by atoms with Crippen molar-refractivity contribution in [3.8, 4) is 11.1 Å². The number of halogens is 1. The van der Waals surface area contributed by atoms with E-state index in [1.54, 1.807) is 27.3 Å². The van der Waals surface area contributed by atoms with Crippen LogP contribution in [0.5, 0.6) is 0 Å². The number of unbranched alkanes of at least 4 members (excludes halogenated alkanes) is 1. The van der Waals surface area contributed by atoms with Gasteiger partial charge in [-0.3, -0.25) is 0 Å². The van der Waals surface area contributed by atoms with Crippen LogP contribution in [-0.4, -0.2) is 8.07 Å². The fraction of sp³-hybridized carbons (Fsp3) is 0.412. The summed E-state index contributed by atoms with van der Waals surface area (Å²) in [5.74, 6) is 0. The molecule has 0 heterocycles. The first-order valence-corrected chi connectivity index (χ1v) is 17.0. The van der Waals surface area contributed by atoms with Gasteiger partial charge in [0.2, 0.25) is 0 Å². The molecule has 0 spiro atoms. The second kappa shape index (κ2) is 9.76. The highest BCUT2D eigenvalue weighted by molar-refractivity contribution is 9.10.